The minimum absolute atomic E-state index is 0.182. The molecule has 0 radical (unpaired) electrons. The summed E-state index contributed by atoms with van der Waals surface area (Å²) in [5, 5.41) is 15.2. The van der Waals surface area contributed by atoms with Crippen LogP contribution in [0.25, 0.3) is 22.2 Å². The normalized spacial score (nSPS) is 11.0. The van der Waals surface area contributed by atoms with Crippen LogP contribution >= 0.6 is 0 Å². The number of amides is 1. The lowest BCUT2D eigenvalue weighted by molar-refractivity contribution is 0.0774. The van der Waals surface area contributed by atoms with Gasteiger partial charge in [-0.25, -0.2) is 4.98 Å². The Labute approximate surface area is 160 Å². The highest BCUT2D eigenvalue weighted by Gasteiger charge is 2.20. The number of nitrogens with one attached hydrogen (secondary N) is 1. The number of hydrogen-bond donors (Lipinski definition) is 1. The van der Waals surface area contributed by atoms with Crippen molar-refractivity contribution in [2.24, 2.45) is 0 Å². The van der Waals surface area contributed by atoms with Crippen molar-refractivity contribution in [1.29, 1.82) is 0 Å². The van der Waals surface area contributed by atoms with Gasteiger partial charge in [-0.3, -0.25) is 9.89 Å². The molecule has 0 aliphatic carbocycles. The summed E-state index contributed by atoms with van der Waals surface area (Å²) < 4.78 is 10.7. The largest absolute Gasteiger partial charge is 0.497 e. The van der Waals surface area contributed by atoms with E-state index in [-0.39, 0.29) is 12.5 Å². The molecule has 0 fully saturated rings. The van der Waals surface area contributed by atoms with Crippen LogP contribution in [-0.2, 0) is 6.54 Å². The summed E-state index contributed by atoms with van der Waals surface area (Å²) >= 11 is 0. The summed E-state index contributed by atoms with van der Waals surface area (Å²) in [4.78, 5) is 19.4. The van der Waals surface area contributed by atoms with Crippen LogP contribution in [-0.4, -0.2) is 50.3 Å². The number of aromatic amines is 1. The minimum atomic E-state index is -0.182. The van der Waals surface area contributed by atoms with E-state index in [4.69, 9.17) is 9.15 Å². The molecule has 1 amide bonds. The molecule has 0 aliphatic rings. The van der Waals surface area contributed by atoms with Gasteiger partial charge in [-0.15, -0.1) is 10.2 Å². The fraction of sp³-hybridized carbons (Fsp3) is 0.211. The predicted molar refractivity (Wildman–Crippen MR) is 101 cm³/mol. The Kier molecular flexibility index (Phi) is 4.48. The Balaban J connectivity index is 1.78. The molecule has 9 heteroatoms. The molecule has 3 heterocycles. The number of ether oxygens (including phenoxy) is 1. The first-order valence-electron chi connectivity index (χ1n) is 8.57. The van der Waals surface area contributed by atoms with Crippen LogP contribution in [0.15, 0.2) is 41.1 Å². The van der Waals surface area contributed by atoms with E-state index in [1.807, 2.05) is 6.07 Å². The van der Waals surface area contributed by atoms with Gasteiger partial charge in [-0.05, 0) is 18.2 Å². The number of carbonyl (C=O) groups is 1. The van der Waals surface area contributed by atoms with Crippen molar-refractivity contribution in [2.45, 2.75) is 13.5 Å². The molecule has 0 atom stereocenters. The molecule has 4 rings (SSSR count). The quantitative estimate of drug-likeness (QED) is 0.568. The molecule has 4 aromatic rings. The van der Waals surface area contributed by atoms with E-state index in [1.165, 1.54) is 4.90 Å². The van der Waals surface area contributed by atoms with Crippen molar-refractivity contribution in [3.8, 4) is 17.0 Å². The fourth-order valence-corrected chi connectivity index (χ4v) is 2.93. The minimum Gasteiger partial charge on any atom is -0.497 e. The molecule has 0 unspecified atom stereocenters. The Bertz CT molecular complexity index is 1140. The van der Waals surface area contributed by atoms with Crippen LogP contribution in [0.4, 0.5) is 0 Å². The number of rotatable bonds is 5. The standard InChI is InChI=1S/C19H18N6O3/c1-11-23-24-18(28-11)10-25(2)19(26)15-7-16(12-8-20-21-9-12)22-17-6-13(27-3)4-5-14(15)17/h4-9H,10H2,1-3H3,(H,20,21). The van der Waals surface area contributed by atoms with Gasteiger partial charge in [0.15, 0.2) is 0 Å². The van der Waals surface area contributed by atoms with Gasteiger partial charge in [0, 0.05) is 37.2 Å². The zero-order chi connectivity index (χ0) is 19.7. The number of hydrogen-bond acceptors (Lipinski definition) is 7. The lowest BCUT2D eigenvalue weighted by Gasteiger charge is -2.17. The van der Waals surface area contributed by atoms with E-state index in [2.05, 4.69) is 25.4 Å². The smallest absolute Gasteiger partial charge is 0.254 e. The lowest BCUT2D eigenvalue weighted by Crippen LogP contribution is -2.26. The average Bonchev–Trinajstić information content (AvgIpc) is 3.38. The van der Waals surface area contributed by atoms with Gasteiger partial charge < -0.3 is 14.1 Å². The van der Waals surface area contributed by atoms with Crippen LogP contribution < -0.4 is 4.74 Å². The molecule has 0 aliphatic heterocycles. The molecule has 0 bridgehead atoms. The second-order valence-electron chi connectivity index (χ2n) is 6.30. The third-order valence-corrected chi connectivity index (χ3v) is 4.33. The van der Waals surface area contributed by atoms with Gasteiger partial charge in [0.25, 0.3) is 5.91 Å². The molecule has 28 heavy (non-hydrogen) atoms. The highest BCUT2D eigenvalue weighted by molar-refractivity contribution is 6.07. The van der Waals surface area contributed by atoms with Gasteiger partial charge in [-0.1, -0.05) is 0 Å². The van der Waals surface area contributed by atoms with E-state index < -0.39 is 0 Å². The highest BCUT2D eigenvalue weighted by atomic mass is 16.5. The summed E-state index contributed by atoms with van der Waals surface area (Å²) in [6.45, 7) is 1.92. The summed E-state index contributed by atoms with van der Waals surface area (Å²) in [7, 11) is 3.28. The van der Waals surface area contributed by atoms with E-state index in [9.17, 15) is 4.79 Å². The zero-order valence-corrected chi connectivity index (χ0v) is 15.6. The number of pyridine rings is 1. The summed E-state index contributed by atoms with van der Waals surface area (Å²) in [6, 6.07) is 7.20. The first-order chi connectivity index (χ1) is 13.5. The van der Waals surface area contributed by atoms with E-state index in [1.54, 1.807) is 51.7 Å². The Morgan fingerprint density at radius 2 is 2.14 bits per heavy atom. The summed E-state index contributed by atoms with van der Waals surface area (Å²) in [5.74, 6) is 1.32. The highest BCUT2D eigenvalue weighted by Crippen LogP contribution is 2.28. The first kappa shape index (κ1) is 17.7. The molecule has 0 saturated heterocycles. The van der Waals surface area contributed by atoms with E-state index >= 15 is 0 Å². The van der Waals surface area contributed by atoms with Crippen LogP contribution in [0.2, 0.25) is 0 Å². The van der Waals surface area contributed by atoms with Gasteiger partial charge in [0.05, 0.1) is 36.6 Å². The Morgan fingerprint density at radius 3 is 2.82 bits per heavy atom. The van der Waals surface area contributed by atoms with E-state index in [0.717, 1.165) is 10.9 Å². The van der Waals surface area contributed by atoms with Crippen molar-refractivity contribution in [2.75, 3.05) is 14.2 Å². The molecular weight excluding hydrogens is 360 g/mol. The monoisotopic (exact) mass is 378 g/mol. The number of benzene rings is 1. The van der Waals surface area contributed by atoms with Crippen molar-refractivity contribution in [3.05, 3.63) is 54.0 Å². The van der Waals surface area contributed by atoms with Gasteiger partial charge in [-0.2, -0.15) is 5.10 Å². The Hall–Kier alpha value is -3.75. The SMILES string of the molecule is COc1ccc2c(C(=O)N(C)Cc3nnc(C)o3)cc(-c3cn[nH]c3)nc2c1. The van der Waals surface area contributed by atoms with Crippen LogP contribution in [0, 0.1) is 6.92 Å². The number of H-pyrrole nitrogens is 1. The van der Waals surface area contributed by atoms with Crippen molar-refractivity contribution in [1.82, 2.24) is 30.3 Å². The average molecular weight is 378 g/mol. The van der Waals surface area contributed by atoms with Gasteiger partial charge in [0.2, 0.25) is 11.8 Å². The lowest BCUT2D eigenvalue weighted by atomic mass is 10.0. The summed E-state index contributed by atoms with van der Waals surface area (Å²) in [5.41, 5.74) is 2.60. The maximum Gasteiger partial charge on any atom is 0.254 e. The third kappa shape index (κ3) is 3.29. The molecule has 1 N–H and O–H groups in total. The van der Waals surface area contributed by atoms with Crippen LogP contribution in [0.3, 0.4) is 0 Å². The molecule has 9 nitrogen and oxygen atoms in total. The number of carbonyl (C=O) groups excluding carboxylic acids is 1. The second-order valence-corrected chi connectivity index (χ2v) is 6.30. The number of fused-ring (bicyclic) bond motifs is 1. The number of methoxy groups -OCH3 is 1. The first-order valence-corrected chi connectivity index (χ1v) is 8.57. The number of aromatic nitrogens is 5. The molecular formula is C19H18N6O3. The van der Waals surface area contributed by atoms with Gasteiger partial charge in [0.1, 0.15) is 5.75 Å². The van der Waals surface area contributed by atoms with Crippen molar-refractivity contribution < 1.29 is 13.9 Å². The zero-order valence-electron chi connectivity index (χ0n) is 15.6. The topological polar surface area (TPSA) is 110 Å². The maximum absolute atomic E-state index is 13.2. The fourth-order valence-electron chi connectivity index (χ4n) is 2.93. The van der Waals surface area contributed by atoms with Crippen LogP contribution in [0.5, 0.6) is 5.75 Å². The number of aryl methyl sites for hydroxylation is 1. The van der Waals surface area contributed by atoms with Gasteiger partial charge >= 0.3 is 0 Å². The molecule has 1 aromatic carbocycles. The Morgan fingerprint density at radius 1 is 1.29 bits per heavy atom. The number of nitrogens with zero attached hydrogens (tertiary/aromatic N) is 5. The molecule has 3 aromatic heterocycles. The van der Waals surface area contributed by atoms with Crippen molar-refractivity contribution in [3.63, 3.8) is 0 Å². The molecule has 142 valence electrons. The molecule has 0 spiro atoms. The van der Waals surface area contributed by atoms with E-state index in [0.29, 0.717) is 34.3 Å². The second kappa shape index (κ2) is 7.10. The molecule has 0 saturated carbocycles. The van der Waals surface area contributed by atoms with Crippen LogP contribution in [0.1, 0.15) is 22.1 Å². The predicted octanol–water partition coefficient (Wildman–Crippen LogP) is 2.60. The summed E-state index contributed by atoms with van der Waals surface area (Å²) in [6.07, 6.45) is 3.39. The van der Waals surface area contributed by atoms with Crippen molar-refractivity contribution >= 4 is 16.8 Å². The third-order valence-electron chi connectivity index (χ3n) is 4.33. The maximum atomic E-state index is 13.2.